The van der Waals surface area contributed by atoms with E-state index < -0.39 is 17.4 Å². The molecule has 0 aliphatic heterocycles. The molecule has 1 aromatic carbocycles. The number of carboxylic acid groups (broad SMARTS) is 1. The summed E-state index contributed by atoms with van der Waals surface area (Å²) in [6, 6.07) is 7.18. The Bertz CT molecular complexity index is 461. The molecule has 0 fully saturated rings. The minimum Gasteiger partial charge on any atom is -0.480 e. The molecule has 0 aromatic heterocycles. The van der Waals surface area contributed by atoms with Crippen molar-refractivity contribution in [3.8, 4) is 5.75 Å². The molecule has 0 spiro atoms. The van der Waals surface area contributed by atoms with E-state index >= 15 is 0 Å². The lowest BCUT2D eigenvalue weighted by atomic mass is 9.82. The molecule has 0 radical (unpaired) electrons. The molecule has 1 rings (SSSR count). The molecular weight excluding hydrogens is 244 g/mol. The van der Waals surface area contributed by atoms with Crippen molar-refractivity contribution >= 4 is 11.9 Å². The number of carboxylic acids is 1. The fraction of sp³-hybridized carbons (Fsp3) is 0.467. The second kappa shape index (κ2) is 6.36. The van der Waals surface area contributed by atoms with Crippen molar-refractivity contribution in [3.05, 3.63) is 29.8 Å². The van der Waals surface area contributed by atoms with Crippen molar-refractivity contribution in [2.24, 2.45) is 5.41 Å². The van der Waals surface area contributed by atoms with Gasteiger partial charge in [-0.05, 0) is 30.9 Å². The fourth-order valence-electron chi connectivity index (χ4n) is 2.02. The summed E-state index contributed by atoms with van der Waals surface area (Å²) < 4.78 is 5.33. The quantitative estimate of drug-likeness (QED) is 0.487. The van der Waals surface area contributed by atoms with Gasteiger partial charge < -0.3 is 9.84 Å². The molecule has 1 N–H and O–H groups in total. The molecule has 4 nitrogen and oxygen atoms in total. The summed E-state index contributed by atoms with van der Waals surface area (Å²) in [4.78, 5) is 23.6. The van der Waals surface area contributed by atoms with Gasteiger partial charge in [0.1, 0.15) is 5.75 Å². The van der Waals surface area contributed by atoms with E-state index in [1.807, 2.05) is 19.1 Å². The highest BCUT2D eigenvalue weighted by Gasteiger charge is 2.44. The first-order valence-corrected chi connectivity index (χ1v) is 6.55. The van der Waals surface area contributed by atoms with E-state index in [1.165, 1.54) is 0 Å². The van der Waals surface area contributed by atoms with E-state index in [4.69, 9.17) is 4.74 Å². The van der Waals surface area contributed by atoms with E-state index in [1.54, 1.807) is 26.0 Å². The molecule has 0 atom stereocenters. The number of aryl methyl sites for hydroxylation is 1. The molecule has 19 heavy (non-hydrogen) atoms. The van der Waals surface area contributed by atoms with Crippen LogP contribution in [0.15, 0.2) is 24.3 Å². The SMILES string of the molecule is CCc1ccccc1OC(=O)C(CC)(CC)C(=O)O. The van der Waals surface area contributed by atoms with Crippen molar-refractivity contribution in [2.45, 2.75) is 40.0 Å². The van der Waals surface area contributed by atoms with E-state index in [0.717, 1.165) is 12.0 Å². The molecule has 1 aromatic rings. The highest BCUT2D eigenvalue weighted by atomic mass is 16.5. The zero-order valence-electron chi connectivity index (χ0n) is 11.6. The fourth-order valence-corrected chi connectivity index (χ4v) is 2.02. The van der Waals surface area contributed by atoms with Crippen molar-refractivity contribution in [1.29, 1.82) is 0 Å². The molecule has 0 unspecified atom stereocenters. The summed E-state index contributed by atoms with van der Waals surface area (Å²) in [6.45, 7) is 5.33. The topological polar surface area (TPSA) is 63.6 Å². The number of carbonyl (C=O) groups is 2. The Morgan fingerprint density at radius 3 is 2.21 bits per heavy atom. The third kappa shape index (κ3) is 2.95. The van der Waals surface area contributed by atoms with Crippen LogP contribution in [0.5, 0.6) is 5.75 Å². The number of aliphatic carboxylic acids is 1. The van der Waals surface area contributed by atoms with E-state index in [2.05, 4.69) is 0 Å². The number of carbonyl (C=O) groups excluding carboxylic acids is 1. The van der Waals surface area contributed by atoms with Crippen molar-refractivity contribution in [2.75, 3.05) is 0 Å². The van der Waals surface area contributed by atoms with Crippen LogP contribution in [-0.2, 0) is 16.0 Å². The molecule has 0 saturated carbocycles. The van der Waals surface area contributed by atoms with Crippen LogP contribution in [0.1, 0.15) is 39.2 Å². The summed E-state index contributed by atoms with van der Waals surface area (Å²) in [7, 11) is 0. The van der Waals surface area contributed by atoms with Crippen molar-refractivity contribution in [3.63, 3.8) is 0 Å². The summed E-state index contributed by atoms with van der Waals surface area (Å²) in [6.07, 6.45) is 1.15. The largest absolute Gasteiger partial charge is 0.480 e. The molecule has 0 bridgehead atoms. The monoisotopic (exact) mass is 264 g/mol. The third-order valence-corrected chi connectivity index (χ3v) is 3.56. The van der Waals surface area contributed by atoms with Crippen LogP contribution in [0, 0.1) is 5.41 Å². The van der Waals surface area contributed by atoms with Gasteiger partial charge in [0.05, 0.1) is 0 Å². The van der Waals surface area contributed by atoms with Gasteiger partial charge in [-0.15, -0.1) is 0 Å². The molecule has 104 valence electrons. The number of benzene rings is 1. The molecule has 4 heteroatoms. The maximum absolute atomic E-state index is 12.2. The van der Waals surface area contributed by atoms with Gasteiger partial charge in [0.2, 0.25) is 0 Å². The first kappa shape index (κ1) is 15.2. The smallest absolute Gasteiger partial charge is 0.328 e. The van der Waals surface area contributed by atoms with E-state index in [0.29, 0.717) is 5.75 Å². The van der Waals surface area contributed by atoms with E-state index in [-0.39, 0.29) is 12.8 Å². The first-order chi connectivity index (χ1) is 9.01. The molecule has 0 heterocycles. The van der Waals surface area contributed by atoms with Crippen LogP contribution in [0.4, 0.5) is 0 Å². The number of hydrogen-bond donors (Lipinski definition) is 1. The predicted molar refractivity (Wildman–Crippen MR) is 72.1 cm³/mol. The lowest BCUT2D eigenvalue weighted by Gasteiger charge is -2.24. The maximum atomic E-state index is 12.2. The van der Waals surface area contributed by atoms with Crippen LogP contribution in [0.25, 0.3) is 0 Å². The van der Waals surface area contributed by atoms with Crippen LogP contribution in [-0.4, -0.2) is 17.0 Å². The first-order valence-electron chi connectivity index (χ1n) is 6.55. The van der Waals surface area contributed by atoms with Gasteiger partial charge >= 0.3 is 11.9 Å². The Morgan fingerprint density at radius 2 is 1.74 bits per heavy atom. The lowest BCUT2D eigenvalue weighted by molar-refractivity contribution is -0.163. The Hall–Kier alpha value is -1.84. The van der Waals surface area contributed by atoms with Crippen LogP contribution in [0.3, 0.4) is 0 Å². The van der Waals surface area contributed by atoms with Crippen LogP contribution in [0.2, 0.25) is 0 Å². The van der Waals surface area contributed by atoms with E-state index in [9.17, 15) is 14.7 Å². The van der Waals surface area contributed by atoms with Crippen LogP contribution >= 0.6 is 0 Å². The number of rotatable bonds is 6. The highest BCUT2D eigenvalue weighted by Crippen LogP contribution is 2.30. The maximum Gasteiger partial charge on any atom is 0.328 e. The lowest BCUT2D eigenvalue weighted by Crippen LogP contribution is -2.41. The van der Waals surface area contributed by atoms with Gasteiger partial charge in [0, 0.05) is 0 Å². The Morgan fingerprint density at radius 1 is 1.16 bits per heavy atom. The molecule has 0 saturated heterocycles. The number of ether oxygens (including phenoxy) is 1. The Balaban J connectivity index is 3.04. The van der Waals surface area contributed by atoms with Gasteiger partial charge in [-0.1, -0.05) is 39.0 Å². The second-order valence-electron chi connectivity index (χ2n) is 4.45. The van der Waals surface area contributed by atoms with Gasteiger partial charge in [-0.2, -0.15) is 0 Å². The van der Waals surface area contributed by atoms with Crippen LogP contribution < -0.4 is 4.74 Å². The number of esters is 1. The highest BCUT2D eigenvalue weighted by molar-refractivity contribution is 5.99. The minimum atomic E-state index is -1.46. The number of hydrogen-bond acceptors (Lipinski definition) is 3. The molecule has 0 aliphatic rings. The molecular formula is C15H20O4. The average Bonchev–Trinajstić information content (AvgIpc) is 2.41. The molecule has 0 amide bonds. The van der Waals surface area contributed by atoms with Gasteiger partial charge in [-0.3, -0.25) is 9.59 Å². The predicted octanol–water partition coefficient (Wildman–Crippen LogP) is 3.05. The Kier molecular flexibility index (Phi) is 5.10. The van der Waals surface area contributed by atoms with Gasteiger partial charge in [0.15, 0.2) is 5.41 Å². The van der Waals surface area contributed by atoms with Gasteiger partial charge in [0.25, 0.3) is 0 Å². The summed E-state index contributed by atoms with van der Waals surface area (Å²) >= 11 is 0. The zero-order chi connectivity index (χ0) is 14.5. The summed E-state index contributed by atoms with van der Waals surface area (Å²) in [5.74, 6) is -1.37. The average molecular weight is 264 g/mol. The number of para-hydroxylation sites is 1. The van der Waals surface area contributed by atoms with Crippen molar-refractivity contribution in [1.82, 2.24) is 0 Å². The Labute approximate surface area is 113 Å². The third-order valence-electron chi connectivity index (χ3n) is 3.56. The summed E-state index contributed by atoms with van der Waals surface area (Å²) in [5, 5.41) is 9.30. The van der Waals surface area contributed by atoms with Crippen molar-refractivity contribution < 1.29 is 19.4 Å². The zero-order valence-corrected chi connectivity index (χ0v) is 11.6. The minimum absolute atomic E-state index is 0.214. The normalized spacial score (nSPS) is 11.1. The standard InChI is InChI=1S/C15H20O4/c1-4-11-9-7-8-10-12(11)19-14(18)15(5-2,6-3)13(16)17/h7-10H,4-6H2,1-3H3,(H,16,17). The summed E-state index contributed by atoms with van der Waals surface area (Å²) in [5.41, 5.74) is -0.566. The van der Waals surface area contributed by atoms with Gasteiger partial charge in [-0.25, -0.2) is 0 Å². The second-order valence-corrected chi connectivity index (χ2v) is 4.45. The molecule has 0 aliphatic carbocycles.